The van der Waals surface area contributed by atoms with Crippen LogP contribution >= 0.6 is 0 Å². The van der Waals surface area contributed by atoms with Gasteiger partial charge in [0.15, 0.2) is 0 Å². The van der Waals surface area contributed by atoms with Crippen molar-refractivity contribution < 1.29 is 4.48 Å². The van der Waals surface area contributed by atoms with Crippen LogP contribution in [-0.2, 0) is 0 Å². The number of benzene rings is 1. The van der Waals surface area contributed by atoms with Crippen LogP contribution in [0, 0.1) is 6.67 Å². The van der Waals surface area contributed by atoms with Crippen molar-refractivity contribution in [3.05, 3.63) is 36.5 Å². The first-order valence-electron chi connectivity index (χ1n) is 6.80. The summed E-state index contributed by atoms with van der Waals surface area (Å²) in [6, 6.07) is 8.78. The van der Waals surface area contributed by atoms with E-state index in [0.29, 0.717) is 5.92 Å². The molecule has 0 spiro atoms. The first-order valence-corrected chi connectivity index (χ1v) is 6.80. The first-order chi connectivity index (χ1) is 8.23. The summed E-state index contributed by atoms with van der Waals surface area (Å²) in [4.78, 5) is 2.46. The van der Waals surface area contributed by atoms with Crippen LogP contribution in [0.1, 0.15) is 39.2 Å². The van der Waals surface area contributed by atoms with Gasteiger partial charge in [0, 0.05) is 19.8 Å². The summed E-state index contributed by atoms with van der Waals surface area (Å²) in [5, 5.41) is 0. The molecule has 0 aromatic heterocycles. The number of anilines is 1. The summed E-state index contributed by atoms with van der Waals surface area (Å²) in [6.45, 7) is 12.7. The minimum atomic E-state index is 0.175. The first kappa shape index (κ1) is 13.4. The van der Waals surface area contributed by atoms with E-state index in [2.05, 4.69) is 77.6 Å². The molecule has 18 heavy (non-hydrogen) atoms. The van der Waals surface area contributed by atoms with Crippen molar-refractivity contribution in [1.82, 2.24) is 0 Å². The minimum absolute atomic E-state index is 0.175. The van der Waals surface area contributed by atoms with Gasteiger partial charge in [0.2, 0.25) is 0 Å². The fraction of sp³-hybridized carbons (Fsp3) is 0.562. The number of likely N-dealkylation sites (N-methyl/N-ethyl adjacent to an activating group) is 1. The Bertz CT molecular complexity index is 432. The molecule has 0 unspecified atom stereocenters. The van der Waals surface area contributed by atoms with Crippen molar-refractivity contribution >= 4 is 5.69 Å². The molecule has 2 nitrogen and oxygen atoms in total. The van der Waals surface area contributed by atoms with Crippen molar-refractivity contribution in [2.24, 2.45) is 0 Å². The molecule has 0 atom stereocenters. The number of hydrogen-bond acceptors (Lipinski definition) is 1. The molecule has 2 rings (SSSR count). The number of quaternary nitrogens is 1. The highest BCUT2D eigenvalue weighted by atomic mass is 15.5. The van der Waals surface area contributed by atoms with Crippen LogP contribution in [0.2, 0.25) is 0 Å². The highest BCUT2D eigenvalue weighted by Gasteiger charge is 2.37. The smallest absolute Gasteiger partial charge is 0.0763 e. The molecular weight excluding hydrogens is 220 g/mol. The van der Waals surface area contributed by atoms with Crippen LogP contribution in [0.5, 0.6) is 0 Å². The predicted octanol–water partition coefficient (Wildman–Crippen LogP) is 3.60. The molecular formula is C16H26N2. The summed E-state index contributed by atoms with van der Waals surface area (Å²) in [5.41, 5.74) is 2.97. The van der Waals surface area contributed by atoms with E-state index in [1.165, 1.54) is 11.3 Å². The van der Waals surface area contributed by atoms with Crippen LogP contribution in [0.25, 0.3) is 0 Å². The van der Waals surface area contributed by atoms with E-state index >= 15 is 0 Å². The molecule has 0 saturated carbocycles. The highest BCUT2D eigenvalue weighted by Crippen LogP contribution is 2.39. The summed E-state index contributed by atoms with van der Waals surface area (Å²) in [7, 11) is 4.53. The van der Waals surface area contributed by atoms with Crippen molar-refractivity contribution in [3.63, 3.8) is 0 Å². The van der Waals surface area contributed by atoms with E-state index in [4.69, 9.17) is 0 Å². The SMILES string of the molecule is CC(C)c1ccccc1N1[CH-][N+](C)(C)CC1(C)C. The Morgan fingerprint density at radius 3 is 2.33 bits per heavy atom. The molecule has 1 saturated heterocycles. The molecule has 0 aliphatic carbocycles. The quantitative estimate of drug-likeness (QED) is 0.569. The summed E-state index contributed by atoms with van der Waals surface area (Å²) >= 11 is 0. The average Bonchev–Trinajstić information content (AvgIpc) is 2.46. The Kier molecular flexibility index (Phi) is 3.18. The molecule has 1 aromatic carbocycles. The second-order valence-electron chi connectivity index (χ2n) is 6.95. The van der Waals surface area contributed by atoms with Gasteiger partial charge in [-0.1, -0.05) is 32.0 Å². The molecule has 100 valence electrons. The summed E-state index contributed by atoms with van der Waals surface area (Å²) in [5.74, 6) is 0.557. The number of nitrogens with zero attached hydrogens (tertiary/aromatic N) is 2. The van der Waals surface area contributed by atoms with Crippen LogP contribution in [0.15, 0.2) is 24.3 Å². The topological polar surface area (TPSA) is 3.24 Å². The zero-order valence-electron chi connectivity index (χ0n) is 12.6. The van der Waals surface area contributed by atoms with Gasteiger partial charge in [0.25, 0.3) is 0 Å². The molecule has 0 radical (unpaired) electrons. The van der Waals surface area contributed by atoms with Crippen LogP contribution in [0.4, 0.5) is 5.69 Å². The molecule has 1 aliphatic heterocycles. The second-order valence-corrected chi connectivity index (χ2v) is 6.95. The van der Waals surface area contributed by atoms with Crippen molar-refractivity contribution in [3.8, 4) is 0 Å². The summed E-state index contributed by atoms with van der Waals surface area (Å²) in [6.07, 6.45) is 0. The third-order valence-electron chi connectivity index (χ3n) is 3.69. The van der Waals surface area contributed by atoms with E-state index < -0.39 is 0 Å². The standard InChI is InChI=1S/C16H26N2/c1-13(2)14-9-7-8-10-15(14)17-12-18(5,6)11-16(17,3)4/h7-10,12-13H,11H2,1-6H3. The van der Waals surface area contributed by atoms with Gasteiger partial charge < -0.3 is 9.38 Å². The number of rotatable bonds is 2. The third-order valence-corrected chi connectivity index (χ3v) is 3.69. The lowest BCUT2D eigenvalue weighted by atomic mass is 9.97. The highest BCUT2D eigenvalue weighted by molar-refractivity contribution is 5.58. The minimum Gasteiger partial charge on any atom is -0.461 e. The lowest BCUT2D eigenvalue weighted by Gasteiger charge is -2.40. The molecule has 0 bridgehead atoms. The van der Waals surface area contributed by atoms with E-state index in [1.807, 2.05) is 0 Å². The Labute approximate surface area is 112 Å². The maximum absolute atomic E-state index is 2.46. The van der Waals surface area contributed by atoms with Gasteiger partial charge in [0.1, 0.15) is 0 Å². The van der Waals surface area contributed by atoms with Gasteiger partial charge >= 0.3 is 0 Å². The van der Waals surface area contributed by atoms with E-state index in [1.54, 1.807) is 0 Å². The molecule has 1 aromatic rings. The maximum atomic E-state index is 2.46. The molecule has 2 heteroatoms. The second kappa shape index (κ2) is 4.27. The maximum Gasteiger partial charge on any atom is 0.0763 e. The van der Waals surface area contributed by atoms with E-state index in [9.17, 15) is 0 Å². The largest absolute Gasteiger partial charge is 0.461 e. The predicted molar refractivity (Wildman–Crippen MR) is 78.4 cm³/mol. The van der Waals surface area contributed by atoms with E-state index in [-0.39, 0.29) is 5.54 Å². The van der Waals surface area contributed by atoms with Crippen LogP contribution in [-0.4, -0.2) is 30.7 Å². The van der Waals surface area contributed by atoms with Gasteiger partial charge in [-0.15, -0.1) is 0 Å². The van der Waals surface area contributed by atoms with Crippen LogP contribution < -0.4 is 4.90 Å². The fourth-order valence-electron chi connectivity index (χ4n) is 3.17. The van der Waals surface area contributed by atoms with Gasteiger partial charge in [-0.3, -0.25) is 0 Å². The molecule has 1 fully saturated rings. The Balaban J connectivity index is 2.43. The Morgan fingerprint density at radius 2 is 1.83 bits per heavy atom. The number of hydrogen-bond donors (Lipinski definition) is 0. The summed E-state index contributed by atoms with van der Waals surface area (Å²) < 4.78 is 0.944. The molecule has 0 N–H and O–H groups in total. The normalized spacial score (nSPS) is 21.6. The van der Waals surface area contributed by atoms with Crippen molar-refractivity contribution in [1.29, 1.82) is 0 Å². The van der Waals surface area contributed by atoms with Crippen molar-refractivity contribution in [2.75, 3.05) is 25.5 Å². The van der Waals surface area contributed by atoms with Gasteiger partial charge in [0.05, 0.1) is 12.1 Å². The van der Waals surface area contributed by atoms with Gasteiger partial charge in [-0.25, -0.2) is 0 Å². The molecule has 1 aliphatic rings. The average molecular weight is 246 g/mol. The number of para-hydroxylation sites is 1. The Hall–Kier alpha value is -1.02. The zero-order valence-corrected chi connectivity index (χ0v) is 12.6. The van der Waals surface area contributed by atoms with Crippen LogP contribution in [0.3, 0.4) is 0 Å². The lowest BCUT2D eigenvalue weighted by Crippen LogP contribution is -2.40. The van der Waals surface area contributed by atoms with E-state index in [0.717, 1.165) is 11.0 Å². The monoisotopic (exact) mass is 246 g/mol. The Morgan fingerprint density at radius 1 is 1.22 bits per heavy atom. The van der Waals surface area contributed by atoms with Gasteiger partial charge in [-0.05, 0) is 38.1 Å². The fourth-order valence-corrected chi connectivity index (χ4v) is 3.17. The van der Waals surface area contributed by atoms with Crippen molar-refractivity contribution in [2.45, 2.75) is 39.2 Å². The molecule has 0 amide bonds. The molecule has 1 heterocycles. The van der Waals surface area contributed by atoms with Gasteiger partial charge in [-0.2, -0.15) is 0 Å². The third kappa shape index (κ3) is 2.39. The lowest BCUT2D eigenvalue weighted by molar-refractivity contribution is -0.851. The zero-order chi connectivity index (χ0) is 13.6.